The van der Waals surface area contributed by atoms with Gasteiger partial charge in [-0.25, -0.2) is 4.79 Å². The van der Waals surface area contributed by atoms with Crippen molar-refractivity contribution < 1.29 is 24.9 Å². The Kier molecular flexibility index (Phi) is 10.7. The molecular weight excluding hydrogens is 344 g/mol. The van der Waals surface area contributed by atoms with Gasteiger partial charge in [0.05, 0.1) is 7.11 Å². The Balaban J connectivity index is 3.11. The highest BCUT2D eigenvalue weighted by Gasteiger charge is 2.27. The van der Waals surface area contributed by atoms with Crippen LogP contribution in [0.2, 0.25) is 0 Å². The molecule has 5 heteroatoms. The van der Waals surface area contributed by atoms with Gasteiger partial charge in [-0.1, -0.05) is 65.2 Å². The number of methoxy groups -OCH3 is 1. The molecule has 0 bridgehead atoms. The summed E-state index contributed by atoms with van der Waals surface area (Å²) in [6, 6.07) is 0. The number of benzene rings is 1. The number of rotatable bonds is 14. The van der Waals surface area contributed by atoms with Gasteiger partial charge in [-0.05, 0) is 25.7 Å². The summed E-state index contributed by atoms with van der Waals surface area (Å²) in [5.74, 6) is -1.98. The Bertz CT molecular complexity index is 595. The molecule has 0 saturated carbocycles. The first kappa shape index (κ1) is 23.1. The van der Waals surface area contributed by atoms with Crippen molar-refractivity contribution >= 4 is 5.97 Å². The van der Waals surface area contributed by atoms with Gasteiger partial charge in [0.1, 0.15) is 11.3 Å². The van der Waals surface area contributed by atoms with Crippen molar-refractivity contribution in [2.45, 2.75) is 90.9 Å². The maximum atomic E-state index is 11.6. The third kappa shape index (κ3) is 6.64. The van der Waals surface area contributed by atoms with Gasteiger partial charge in [0, 0.05) is 11.1 Å². The lowest BCUT2D eigenvalue weighted by atomic mass is 9.91. The van der Waals surface area contributed by atoms with Crippen LogP contribution in [0.5, 0.6) is 17.2 Å². The molecule has 0 aliphatic carbocycles. The molecule has 0 aliphatic rings. The lowest BCUT2D eigenvalue weighted by Crippen LogP contribution is -2.08. The number of hydrogen-bond acceptors (Lipinski definition) is 4. The molecular formula is C22H36O5. The van der Waals surface area contributed by atoms with Crippen molar-refractivity contribution in [3.8, 4) is 17.2 Å². The molecule has 5 nitrogen and oxygen atoms in total. The zero-order valence-corrected chi connectivity index (χ0v) is 17.1. The van der Waals surface area contributed by atoms with Gasteiger partial charge >= 0.3 is 5.97 Å². The number of aromatic hydroxyl groups is 2. The Morgan fingerprint density at radius 3 is 1.70 bits per heavy atom. The average molecular weight is 381 g/mol. The Labute approximate surface area is 163 Å². The first-order valence-corrected chi connectivity index (χ1v) is 10.4. The van der Waals surface area contributed by atoms with Crippen LogP contribution >= 0.6 is 0 Å². The zero-order chi connectivity index (χ0) is 20.2. The SMILES string of the molecule is CCCCCCCc1c(O)c(O)c(C(=O)O)c(OC)c1CCCCCCC. The Morgan fingerprint density at radius 2 is 1.26 bits per heavy atom. The van der Waals surface area contributed by atoms with Gasteiger partial charge in [-0.2, -0.15) is 0 Å². The quantitative estimate of drug-likeness (QED) is 0.279. The fraction of sp³-hybridized carbons (Fsp3) is 0.682. The fourth-order valence-corrected chi connectivity index (χ4v) is 3.57. The largest absolute Gasteiger partial charge is 0.504 e. The maximum absolute atomic E-state index is 11.6. The predicted octanol–water partition coefficient (Wildman–Crippen LogP) is 5.83. The minimum absolute atomic E-state index is 0.192. The van der Waals surface area contributed by atoms with E-state index in [-0.39, 0.29) is 17.1 Å². The minimum atomic E-state index is -1.29. The molecule has 0 saturated heterocycles. The summed E-state index contributed by atoms with van der Waals surface area (Å²) < 4.78 is 5.39. The summed E-state index contributed by atoms with van der Waals surface area (Å²) in [4.78, 5) is 11.6. The normalized spacial score (nSPS) is 10.9. The second-order valence-electron chi connectivity index (χ2n) is 7.20. The van der Waals surface area contributed by atoms with E-state index in [1.54, 1.807) is 0 Å². The molecule has 1 rings (SSSR count). The van der Waals surface area contributed by atoms with Crippen molar-refractivity contribution in [3.05, 3.63) is 16.7 Å². The summed E-state index contributed by atoms with van der Waals surface area (Å²) in [6.07, 6.45) is 12.1. The molecule has 0 atom stereocenters. The highest BCUT2D eigenvalue weighted by Crippen LogP contribution is 2.44. The van der Waals surface area contributed by atoms with Crippen LogP contribution in [-0.4, -0.2) is 28.4 Å². The van der Waals surface area contributed by atoms with Crippen LogP contribution in [0.1, 0.15) is 99.5 Å². The van der Waals surface area contributed by atoms with Crippen molar-refractivity contribution in [1.82, 2.24) is 0 Å². The van der Waals surface area contributed by atoms with Gasteiger partial charge in [-0.15, -0.1) is 0 Å². The lowest BCUT2D eigenvalue weighted by molar-refractivity contribution is 0.0688. The van der Waals surface area contributed by atoms with Gasteiger partial charge < -0.3 is 20.1 Å². The van der Waals surface area contributed by atoms with Crippen molar-refractivity contribution in [3.63, 3.8) is 0 Å². The molecule has 0 spiro atoms. The number of carboxylic acids is 1. The molecule has 0 unspecified atom stereocenters. The highest BCUT2D eigenvalue weighted by atomic mass is 16.5. The van der Waals surface area contributed by atoms with Gasteiger partial charge in [0.25, 0.3) is 0 Å². The number of aromatic carboxylic acids is 1. The molecule has 0 radical (unpaired) electrons. The molecule has 1 aromatic rings. The van der Waals surface area contributed by atoms with E-state index < -0.39 is 11.7 Å². The summed E-state index contributed by atoms with van der Waals surface area (Å²) in [5.41, 5.74) is 1.03. The van der Waals surface area contributed by atoms with Crippen LogP contribution in [0.4, 0.5) is 0 Å². The topological polar surface area (TPSA) is 87.0 Å². The van der Waals surface area contributed by atoms with Gasteiger partial charge in [0.2, 0.25) is 0 Å². The molecule has 27 heavy (non-hydrogen) atoms. The van der Waals surface area contributed by atoms with Gasteiger partial charge in [-0.3, -0.25) is 0 Å². The number of carboxylic acid groups (broad SMARTS) is 1. The van der Waals surface area contributed by atoms with Crippen LogP contribution in [-0.2, 0) is 12.8 Å². The second kappa shape index (κ2) is 12.5. The number of carbonyl (C=O) groups is 1. The van der Waals surface area contributed by atoms with Crippen LogP contribution in [0.15, 0.2) is 0 Å². The molecule has 0 amide bonds. The van der Waals surface area contributed by atoms with E-state index in [1.165, 1.54) is 20.0 Å². The maximum Gasteiger partial charge on any atom is 0.343 e. The third-order valence-electron chi connectivity index (χ3n) is 5.09. The number of phenols is 2. The minimum Gasteiger partial charge on any atom is -0.504 e. The van der Waals surface area contributed by atoms with Crippen molar-refractivity contribution in [2.24, 2.45) is 0 Å². The standard InChI is InChI=1S/C22H36O5/c1-4-6-8-10-12-14-16-17(15-13-11-9-7-5-2)21(27-3)18(22(25)26)20(24)19(16)23/h23-24H,4-15H2,1-3H3,(H,25,26). The summed E-state index contributed by atoms with van der Waals surface area (Å²) in [7, 11) is 1.42. The monoisotopic (exact) mass is 380 g/mol. The number of phenolic OH excluding ortho intramolecular Hbond substituents is 1. The molecule has 0 aromatic heterocycles. The van der Waals surface area contributed by atoms with Crippen LogP contribution < -0.4 is 4.74 Å². The van der Waals surface area contributed by atoms with E-state index in [4.69, 9.17) is 4.74 Å². The second-order valence-corrected chi connectivity index (χ2v) is 7.20. The first-order valence-electron chi connectivity index (χ1n) is 10.4. The van der Waals surface area contributed by atoms with E-state index in [0.29, 0.717) is 18.4 Å². The number of unbranched alkanes of at least 4 members (excludes halogenated alkanes) is 8. The van der Waals surface area contributed by atoms with Crippen molar-refractivity contribution in [1.29, 1.82) is 0 Å². The van der Waals surface area contributed by atoms with E-state index in [0.717, 1.165) is 56.9 Å². The fourth-order valence-electron chi connectivity index (χ4n) is 3.57. The summed E-state index contributed by atoms with van der Waals surface area (Å²) in [5, 5.41) is 30.2. The molecule has 1 aromatic carbocycles. The zero-order valence-electron chi connectivity index (χ0n) is 17.1. The number of ether oxygens (including phenoxy) is 1. The molecule has 154 valence electrons. The summed E-state index contributed by atoms with van der Waals surface area (Å²) in [6.45, 7) is 4.33. The molecule has 3 N–H and O–H groups in total. The molecule has 0 heterocycles. The third-order valence-corrected chi connectivity index (χ3v) is 5.09. The Morgan fingerprint density at radius 1 is 0.778 bits per heavy atom. The molecule has 0 aliphatic heterocycles. The van der Waals surface area contributed by atoms with Crippen molar-refractivity contribution in [2.75, 3.05) is 7.11 Å². The van der Waals surface area contributed by atoms with Gasteiger partial charge in [0.15, 0.2) is 11.5 Å². The average Bonchev–Trinajstić information content (AvgIpc) is 2.64. The summed E-state index contributed by atoms with van der Waals surface area (Å²) >= 11 is 0. The van der Waals surface area contributed by atoms with Crippen LogP contribution in [0, 0.1) is 0 Å². The van der Waals surface area contributed by atoms with E-state index in [2.05, 4.69) is 13.8 Å². The van der Waals surface area contributed by atoms with Crippen LogP contribution in [0.25, 0.3) is 0 Å². The predicted molar refractivity (Wildman–Crippen MR) is 108 cm³/mol. The van der Waals surface area contributed by atoms with E-state index in [1.807, 2.05) is 0 Å². The van der Waals surface area contributed by atoms with Crippen LogP contribution in [0.3, 0.4) is 0 Å². The smallest absolute Gasteiger partial charge is 0.343 e. The van der Waals surface area contributed by atoms with E-state index in [9.17, 15) is 20.1 Å². The van der Waals surface area contributed by atoms with E-state index >= 15 is 0 Å². The first-order chi connectivity index (χ1) is 13.0. The molecule has 0 fully saturated rings. The number of hydrogen-bond donors (Lipinski definition) is 3. The highest BCUT2D eigenvalue weighted by molar-refractivity contribution is 5.96. The Hall–Kier alpha value is -1.91. The lowest BCUT2D eigenvalue weighted by Gasteiger charge is -2.19.